The van der Waals surface area contributed by atoms with Gasteiger partial charge in [-0.05, 0) is 55.0 Å². The highest BCUT2D eigenvalue weighted by Gasteiger charge is 2.27. The van der Waals surface area contributed by atoms with E-state index in [-0.39, 0.29) is 28.8 Å². The molecule has 0 saturated carbocycles. The van der Waals surface area contributed by atoms with Crippen LogP contribution in [0.2, 0.25) is 0 Å². The zero-order valence-electron chi connectivity index (χ0n) is 14.7. The molecule has 0 aromatic heterocycles. The molecular formula is C20H23F2NOS. The first kappa shape index (κ1) is 19.4. The zero-order chi connectivity index (χ0) is 18.4. The normalized spacial score (nSPS) is 13.3. The van der Waals surface area contributed by atoms with Gasteiger partial charge in [0.05, 0.1) is 11.3 Å². The van der Waals surface area contributed by atoms with E-state index in [1.54, 1.807) is 23.1 Å². The van der Waals surface area contributed by atoms with Crippen LogP contribution in [0, 0.1) is 11.6 Å². The van der Waals surface area contributed by atoms with Crippen molar-refractivity contribution in [3.05, 3.63) is 71.3 Å². The Morgan fingerprint density at radius 2 is 1.80 bits per heavy atom. The first-order chi connectivity index (χ1) is 12.0. The van der Waals surface area contributed by atoms with Crippen LogP contribution >= 0.6 is 11.8 Å². The standard InChI is InChI=1S/C20H23F2NOS/c1-4-19(16-8-10-17(21)11-9-16)23(20(24)14(2)25-3)13-15-6-5-7-18(22)12-15/h5-12,14,19H,4,13H2,1-3H3. The van der Waals surface area contributed by atoms with E-state index in [1.165, 1.54) is 36.0 Å². The van der Waals surface area contributed by atoms with Gasteiger partial charge in [-0.15, -0.1) is 0 Å². The topological polar surface area (TPSA) is 20.3 Å². The van der Waals surface area contributed by atoms with Gasteiger partial charge in [-0.25, -0.2) is 8.78 Å². The smallest absolute Gasteiger partial charge is 0.236 e. The number of carbonyl (C=O) groups excluding carboxylic acids is 1. The lowest BCUT2D eigenvalue weighted by atomic mass is 10.0. The highest BCUT2D eigenvalue weighted by Crippen LogP contribution is 2.28. The van der Waals surface area contributed by atoms with Crippen molar-refractivity contribution in [2.45, 2.75) is 38.1 Å². The quantitative estimate of drug-likeness (QED) is 0.674. The zero-order valence-corrected chi connectivity index (χ0v) is 15.5. The highest BCUT2D eigenvalue weighted by atomic mass is 32.2. The molecular weight excluding hydrogens is 340 g/mol. The third-order valence-corrected chi connectivity index (χ3v) is 5.15. The van der Waals surface area contributed by atoms with Crippen LogP contribution in [0.15, 0.2) is 48.5 Å². The molecule has 0 spiro atoms. The van der Waals surface area contributed by atoms with Crippen molar-refractivity contribution in [2.75, 3.05) is 6.26 Å². The van der Waals surface area contributed by atoms with Gasteiger partial charge in [0.2, 0.25) is 5.91 Å². The van der Waals surface area contributed by atoms with E-state index >= 15 is 0 Å². The third kappa shape index (κ3) is 5.05. The first-order valence-electron chi connectivity index (χ1n) is 8.29. The number of amides is 1. The van der Waals surface area contributed by atoms with Gasteiger partial charge in [-0.2, -0.15) is 11.8 Å². The minimum atomic E-state index is -0.322. The number of benzene rings is 2. The van der Waals surface area contributed by atoms with Crippen molar-refractivity contribution in [2.24, 2.45) is 0 Å². The summed E-state index contributed by atoms with van der Waals surface area (Å²) in [5.41, 5.74) is 1.61. The second kappa shape index (κ2) is 8.99. The fraction of sp³-hybridized carbons (Fsp3) is 0.350. The molecule has 0 aliphatic rings. The van der Waals surface area contributed by atoms with Crippen LogP contribution in [-0.4, -0.2) is 22.3 Å². The molecule has 1 amide bonds. The van der Waals surface area contributed by atoms with Crippen molar-refractivity contribution in [3.63, 3.8) is 0 Å². The Morgan fingerprint density at radius 3 is 2.36 bits per heavy atom. The molecule has 2 atom stereocenters. The SMILES string of the molecule is CCC(c1ccc(F)cc1)N(Cc1cccc(F)c1)C(=O)C(C)SC. The van der Waals surface area contributed by atoms with Crippen LogP contribution in [0.3, 0.4) is 0 Å². The van der Waals surface area contributed by atoms with Crippen molar-refractivity contribution >= 4 is 17.7 Å². The number of hydrogen-bond acceptors (Lipinski definition) is 2. The van der Waals surface area contributed by atoms with Crippen LogP contribution in [-0.2, 0) is 11.3 Å². The van der Waals surface area contributed by atoms with E-state index in [4.69, 9.17) is 0 Å². The Morgan fingerprint density at radius 1 is 1.12 bits per heavy atom. The Balaban J connectivity index is 2.37. The summed E-state index contributed by atoms with van der Waals surface area (Å²) in [5.74, 6) is -0.635. The largest absolute Gasteiger partial charge is 0.330 e. The minimum absolute atomic E-state index is 0.00654. The molecule has 0 fully saturated rings. The Hall–Kier alpha value is -1.88. The monoisotopic (exact) mass is 363 g/mol. The predicted molar refractivity (Wildman–Crippen MR) is 99.4 cm³/mol. The Labute approximate surface area is 152 Å². The number of nitrogens with zero attached hydrogens (tertiary/aromatic N) is 1. The maximum Gasteiger partial charge on any atom is 0.236 e. The average Bonchev–Trinajstić information content (AvgIpc) is 2.61. The highest BCUT2D eigenvalue weighted by molar-refractivity contribution is 7.99. The molecule has 5 heteroatoms. The lowest BCUT2D eigenvalue weighted by Crippen LogP contribution is -2.39. The summed E-state index contributed by atoms with van der Waals surface area (Å²) in [6.07, 6.45) is 2.58. The first-order valence-corrected chi connectivity index (χ1v) is 9.58. The lowest BCUT2D eigenvalue weighted by molar-refractivity contribution is -0.133. The molecule has 2 rings (SSSR count). The van der Waals surface area contributed by atoms with Gasteiger partial charge in [0, 0.05) is 6.54 Å². The fourth-order valence-corrected chi connectivity index (χ4v) is 3.17. The Bertz CT molecular complexity index is 705. The second-order valence-corrected chi connectivity index (χ2v) is 7.13. The van der Waals surface area contributed by atoms with E-state index < -0.39 is 0 Å². The minimum Gasteiger partial charge on any atom is -0.330 e. The average molecular weight is 363 g/mol. The number of halogens is 2. The Kier molecular flexibility index (Phi) is 7.00. The molecule has 0 saturated heterocycles. The molecule has 0 heterocycles. The van der Waals surface area contributed by atoms with Gasteiger partial charge in [-0.1, -0.05) is 31.2 Å². The van der Waals surface area contributed by atoms with E-state index in [1.807, 2.05) is 26.2 Å². The van der Waals surface area contributed by atoms with E-state index in [0.717, 1.165) is 11.1 Å². The van der Waals surface area contributed by atoms with Gasteiger partial charge in [0.1, 0.15) is 11.6 Å². The maximum atomic E-state index is 13.5. The molecule has 25 heavy (non-hydrogen) atoms. The number of thioether (sulfide) groups is 1. The van der Waals surface area contributed by atoms with Crippen molar-refractivity contribution < 1.29 is 13.6 Å². The summed E-state index contributed by atoms with van der Waals surface area (Å²) < 4.78 is 26.8. The summed E-state index contributed by atoms with van der Waals surface area (Å²) in [5, 5.41) is -0.206. The third-order valence-electron chi connectivity index (χ3n) is 4.24. The second-order valence-electron chi connectivity index (χ2n) is 5.95. The molecule has 0 bridgehead atoms. The number of hydrogen-bond donors (Lipinski definition) is 0. The van der Waals surface area contributed by atoms with Gasteiger partial charge in [-0.3, -0.25) is 4.79 Å². The van der Waals surface area contributed by atoms with Crippen LogP contribution < -0.4 is 0 Å². The predicted octanol–water partition coefficient (Wildman–Crippen LogP) is 5.20. The summed E-state index contributed by atoms with van der Waals surface area (Å²) in [6, 6.07) is 12.3. The van der Waals surface area contributed by atoms with Crippen LogP contribution in [0.5, 0.6) is 0 Å². The molecule has 2 unspecified atom stereocenters. The van der Waals surface area contributed by atoms with Crippen LogP contribution in [0.4, 0.5) is 8.78 Å². The molecule has 2 nitrogen and oxygen atoms in total. The summed E-state index contributed by atoms with van der Waals surface area (Å²) in [4.78, 5) is 14.7. The molecule has 0 N–H and O–H groups in total. The van der Waals surface area contributed by atoms with Gasteiger partial charge >= 0.3 is 0 Å². The summed E-state index contributed by atoms with van der Waals surface area (Å²) in [6.45, 7) is 4.17. The summed E-state index contributed by atoms with van der Waals surface area (Å²) in [7, 11) is 0. The van der Waals surface area contributed by atoms with Crippen molar-refractivity contribution in [3.8, 4) is 0 Å². The summed E-state index contributed by atoms with van der Waals surface area (Å²) >= 11 is 1.48. The fourth-order valence-electron chi connectivity index (χ4n) is 2.83. The van der Waals surface area contributed by atoms with Crippen molar-refractivity contribution in [1.29, 1.82) is 0 Å². The molecule has 134 valence electrons. The van der Waals surface area contributed by atoms with Crippen molar-refractivity contribution in [1.82, 2.24) is 4.90 Å². The van der Waals surface area contributed by atoms with Gasteiger partial charge in [0.25, 0.3) is 0 Å². The van der Waals surface area contributed by atoms with E-state index in [2.05, 4.69) is 0 Å². The van der Waals surface area contributed by atoms with Gasteiger partial charge in [0.15, 0.2) is 0 Å². The maximum absolute atomic E-state index is 13.5. The van der Waals surface area contributed by atoms with Crippen LogP contribution in [0.1, 0.15) is 37.4 Å². The molecule has 2 aromatic carbocycles. The molecule has 0 radical (unpaired) electrons. The molecule has 0 aliphatic carbocycles. The van der Waals surface area contributed by atoms with Crippen LogP contribution in [0.25, 0.3) is 0 Å². The van der Waals surface area contributed by atoms with E-state index in [9.17, 15) is 13.6 Å². The molecule has 2 aromatic rings. The lowest BCUT2D eigenvalue weighted by Gasteiger charge is -2.33. The number of rotatable bonds is 7. The van der Waals surface area contributed by atoms with E-state index in [0.29, 0.717) is 13.0 Å². The van der Waals surface area contributed by atoms with Gasteiger partial charge < -0.3 is 4.90 Å². The number of carbonyl (C=O) groups is 1. The molecule has 0 aliphatic heterocycles.